The van der Waals surface area contributed by atoms with Gasteiger partial charge in [-0.25, -0.2) is 0 Å². The van der Waals surface area contributed by atoms with Crippen molar-refractivity contribution in [1.29, 1.82) is 0 Å². The van der Waals surface area contributed by atoms with E-state index in [1.807, 2.05) is 29.2 Å². The third kappa shape index (κ3) is 4.45. The lowest BCUT2D eigenvalue weighted by Gasteiger charge is -2.34. The van der Waals surface area contributed by atoms with Gasteiger partial charge in [0.1, 0.15) is 0 Å². The van der Waals surface area contributed by atoms with Gasteiger partial charge >= 0.3 is 0 Å². The predicted molar refractivity (Wildman–Crippen MR) is 103 cm³/mol. The average molecular weight is 366 g/mol. The first-order valence-electron chi connectivity index (χ1n) is 9.74. The summed E-state index contributed by atoms with van der Waals surface area (Å²) in [4.78, 5) is 21.2. The number of carbonyl (C=O) groups excluding carboxylic acids is 1. The normalized spacial score (nSPS) is 20.3. The Morgan fingerprint density at radius 2 is 1.96 bits per heavy atom. The molecular formula is C21H26N4O2. The lowest BCUT2D eigenvalue weighted by Crippen LogP contribution is -2.48. The molecule has 1 amide bonds. The van der Waals surface area contributed by atoms with Crippen LogP contribution in [-0.2, 0) is 11.3 Å². The Balaban J connectivity index is 1.27. The highest BCUT2D eigenvalue weighted by molar-refractivity contribution is 5.76. The second kappa shape index (κ2) is 8.05. The van der Waals surface area contributed by atoms with Crippen LogP contribution in [0, 0.1) is 12.8 Å². The maximum absolute atomic E-state index is 12.4. The van der Waals surface area contributed by atoms with Crippen molar-refractivity contribution in [2.24, 2.45) is 5.92 Å². The molecule has 0 saturated carbocycles. The van der Waals surface area contributed by atoms with Gasteiger partial charge in [-0.15, -0.1) is 0 Å². The van der Waals surface area contributed by atoms with Gasteiger partial charge in [0.2, 0.25) is 17.6 Å². The number of benzene rings is 1. The largest absolute Gasteiger partial charge is 0.340 e. The van der Waals surface area contributed by atoms with Crippen LogP contribution in [0.15, 0.2) is 40.9 Å². The molecule has 1 unspecified atom stereocenters. The number of nitrogens with zero attached hydrogens (tertiary/aromatic N) is 4. The molecule has 0 spiro atoms. The molecule has 0 N–H and O–H groups in total. The average Bonchev–Trinajstić information content (AvgIpc) is 3.35. The molecule has 0 bridgehead atoms. The van der Waals surface area contributed by atoms with E-state index < -0.39 is 0 Å². The molecule has 142 valence electrons. The van der Waals surface area contributed by atoms with Crippen LogP contribution in [-0.4, -0.2) is 52.0 Å². The van der Waals surface area contributed by atoms with Crippen molar-refractivity contribution >= 4 is 5.91 Å². The Kier molecular flexibility index (Phi) is 5.34. The van der Waals surface area contributed by atoms with E-state index in [9.17, 15) is 4.79 Å². The number of rotatable bonds is 5. The van der Waals surface area contributed by atoms with E-state index in [0.29, 0.717) is 30.6 Å². The van der Waals surface area contributed by atoms with E-state index in [-0.39, 0.29) is 5.91 Å². The predicted octanol–water partition coefficient (Wildman–Crippen LogP) is 3.05. The van der Waals surface area contributed by atoms with Crippen LogP contribution in [0.1, 0.15) is 30.7 Å². The van der Waals surface area contributed by atoms with E-state index in [1.54, 1.807) is 0 Å². The zero-order chi connectivity index (χ0) is 18.6. The molecule has 1 saturated heterocycles. The van der Waals surface area contributed by atoms with Crippen molar-refractivity contribution in [1.82, 2.24) is 19.9 Å². The van der Waals surface area contributed by atoms with Crippen LogP contribution >= 0.6 is 0 Å². The first kappa shape index (κ1) is 17.9. The summed E-state index contributed by atoms with van der Waals surface area (Å²) in [5.74, 6) is 1.98. The van der Waals surface area contributed by atoms with E-state index in [1.165, 1.54) is 5.56 Å². The lowest BCUT2D eigenvalue weighted by molar-refractivity contribution is -0.133. The fourth-order valence-corrected chi connectivity index (χ4v) is 3.70. The van der Waals surface area contributed by atoms with Crippen molar-refractivity contribution in [2.75, 3.05) is 26.2 Å². The van der Waals surface area contributed by atoms with Gasteiger partial charge in [-0.05, 0) is 25.7 Å². The Hall–Kier alpha value is -2.47. The van der Waals surface area contributed by atoms with Crippen LogP contribution in [0.4, 0.5) is 0 Å². The number of hydrogen-bond acceptors (Lipinski definition) is 5. The maximum Gasteiger partial charge on any atom is 0.241 e. The Bertz CT molecular complexity index is 804. The minimum Gasteiger partial charge on any atom is -0.340 e. The Labute approximate surface area is 159 Å². The highest BCUT2D eigenvalue weighted by Gasteiger charge is 2.24. The highest BCUT2D eigenvalue weighted by atomic mass is 16.5. The van der Waals surface area contributed by atoms with Crippen molar-refractivity contribution in [2.45, 2.75) is 32.7 Å². The smallest absolute Gasteiger partial charge is 0.241 e. The maximum atomic E-state index is 12.4. The van der Waals surface area contributed by atoms with E-state index >= 15 is 0 Å². The van der Waals surface area contributed by atoms with Crippen LogP contribution in [0.5, 0.6) is 0 Å². The van der Waals surface area contributed by atoms with Gasteiger partial charge in [0, 0.05) is 38.2 Å². The molecule has 1 aliphatic carbocycles. The Morgan fingerprint density at radius 3 is 2.67 bits per heavy atom. The minimum absolute atomic E-state index is 0.283. The quantitative estimate of drug-likeness (QED) is 0.761. The molecule has 6 heteroatoms. The van der Waals surface area contributed by atoms with Crippen LogP contribution in [0.25, 0.3) is 11.4 Å². The van der Waals surface area contributed by atoms with Crippen LogP contribution in [0.2, 0.25) is 0 Å². The van der Waals surface area contributed by atoms with Gasteiger partial charge in [0.05, 0.1) is 6.54 Å². The number of aryl methyl sites for hydroxylation is 1. The van der Waals surface area contributed by atoms with Gasteiger partial charge in [-0.2, -0.15) is 4.98 Å². The molecule has 1 aliphatic heterocycles. The third-order valence-electron chi connectivity index (χ3n) is 5.41. The first-order chi connectivity index (χ1) is 13.2. The van der Waals surface area contributed by atoms with E-state index in [4.69, 9.17) is 4.52 Å². The second-order valence-electron chi connectivity index (χ2n) is 7.50. The van der Waals surface area contributed by atoms with E-state index in [0.717, 1.165) is 44.6 Å². The lowest BCUT2D eigenvalue weighted by atomic mass is 10.0. The summed E-state index contributed by atoms with van der Waals surface area (Å²) in [6.07, 6.45) is 7.26. The number of allylic oxidation sites excluding steroid dienone is 2. The topological polar surface area (TPSA) is 62.5 Å². The zero-order valence-corrected chi connectivity index (χ0v) is 15.8. The summed E-state index contributed by atoms with van der Waals surface area (Å²) in [7, 11) is 0. The van der Waals surface area contributed by atoms with Crippen molar-refractivity contribution in [3.05, 3.63) is 47.9 Å². The monoisotopic (exact) mass is 366 g/mol. The molecule has 6 nitrogen and oxygen atoms in total. The van der Waals surface area contributed by atoms with Gasteiger partial charge in [0.25, 0.3) is 0 Å². The SMILES string of the molecule is Cc1ccc(-c2noc(CN3CCN(C(=O)CC4C=CCC4)CC3)n2)cc1. The molecule has 1 atom stereocenters. The molecule has 2 aliphatic rings. The minimum atomic E-state index is 0.283. The summed E-state index contributed by atoms with van der Waals surface area (Å²) in [6.45, 7) is 5.91. The number of hydrogen-bond donors (Lipinski definition) is 0. The summed E-state index contributed by atoms with van der Waals surface area (Å²) in [5.41, 5.74) is 2.17. The van der Waals surface area contributed by atoms with Crippen LogP contribution < -0.4 is 0 Å². The molecule has 1 aromatic carbocycles. The number of carbonyl (C=O) groups is 1. The fourth-order valence-electron chi connectivity index (χ4n) is 3.70. The van der Waals surface area contributed by atoms with E-state index in [2.05, 4.69) is 34.1 Å². The molecule has 2 heterocycles. The molecule has 0 radical (unpaired) electrons. The van der Waals surface area contributed by atoms with Crippen molar-refractivity contribution < 1.29 is 9.32 Å². The molecule has 27 heavy (non-hydrogen) atoms. The van der Waals surface area contributed by atoms with Crippen molar-refractivity contribution in [3.63, 3.8) is 0 Å². The number of piperazine rings is 1. The standard InChI is InChI=1S/C21H26N4O2/c1-16-6-8-18(9-7-16)21-22-19(27-23-21)15-24-10-12-25(13-11-24)20(26)14-17-4-2-3-5-17/h2,4,6-9,17H,3,5,10-15H2,1H3. The fraction of sp³-hybridized carbons (Fsp3) is 0.476. The van der Waals surface area contributed by atoms with Gasteiger partial charge < -0.3 is 9.42 Å². The summed E-state index contributed by atoms with van der Waals surface area (Å²) < 4.78 is 5.42. The third-order valence-corrected chi connectivity index (χ3v) is 5.41. The molecule has 1 fully saturated rings. The summed E-state index contributed by atoms with van der Waals surface area (Å²) in [6, 6.07) is 8.10. The van der Waals surface area contributed by atoms with Crippen molar-refractivity contribution in [3.8, 4) is 11.4 Å². The Morgan fingerprint density at radius 1 is 1.19 bits per heavy atom. The molecule has 4 rings (SSSR count). The number of aromatic nitrogens is 2. The molecule has 1 aromatic heterocycles. The second-order valence-corrected chi connectivity index (χ2v) is 7.50. The van der Waals surface area contributed by atoms with Crippen LogP contribution in [0.3, 0.4) is 0 Å². The first-order valence-corrected chi connectivity index (χ1v) is 9.74. The van der Waals surface area contributed by atoms with Gasteiger partial charge in [-0.3, -0.25) is 9.69 Å². The van der Waals surface area contributed by atoms with Gasteiger partial charge in [-0.1, -0.05) is 47.1 Å². The number of amides is 1. The van der Waals surface area contributed by atoms with Gasteiger partial charge in [0.15, 0.2) is 0 Å². The highest BCUT2D eigenvalue weighted by Crippen LogP contribution is 2.22. The molecule has 2 aromatic rings. The zero-order valence-electron chi connectivity index (χ0n) is 15.8. The summed E-state index contributed by atoms with van der Waals surface area (Å²) in [5, 5.41) is 4.10. The molecular weight excluding hydrogens is 340 g/mol. The summed E-state index contributed by atoms with van der Waals surface area (Å²) >= 11 is 0.